The summed E-state index contributed by atoms with van der Waals surface area (Å²) in [7, 11) is 0. The molecule has 1 saturated heterocycles. The predicted molar refractivity (Wildman–Crippen MR) is 93.7 cm³/mol. The fourth-order valence-electron chi connectivity index (χ4n) is 2.81. The summed E-state index contributed by atoms with van der Waals surface area (Å²) in [5, 5.41) is 0. The minimum Gasteiger partial charge on any atom is -0.462 e. The van der Waals surface area contributed by atoms with E-state index in [0.717, 1.165) is 5.56 Å². The van der Waals surface area contributed by atoms with Crippen molar-refractivity contribution >= 4 is 11.9 Å². The second-order valence-electron chi connectivity index (χ2n) is 7.59. The summed E-state index contributed by atoms with van der Waals surface area (Å²) in [6.45, 7) is 8.56. The molecule has 5 heteroatoms. The molecule has 2 rings (SSSR count). The fourth-order valence-corrected chi connectivity index (χ4v) is 2.81. The molecule has 138 valence electrons. The second-order valence-corrected chi connectivity index (χ2v) is 7.59. The van der Waals surface area contributed by atoms with Crippen molar-refractivity contribution in [2.24, 2.45) is 10.8 Å². The zero-order chi connectivity index (χ0) is 18.5. The maximum atomic E-state index is 12.7. The minimum atomic E-state index is -0.772. The summed E-state index contributed by atoms with van der Waals surface area (Å²) < 4.78 is 15.9. The van der Waals surface area contributed by atoms with Crippen molar-refractivity contribution in [1.82, 2.24) is 0 Å². The Morgan fingerprint density at radius 2 is 1.76 bits per heavy atom. The minimum absolute atomic E-state index is 0.0353. The Hall–Kier alpha value is -1.88. The Balaban J connectivity index is 1.94. The van der Waals surface area contributed by atoms with E-state index in [9.17, 15) is 9.59 Å². The van der Waals surface area contributed by atoms with Gasteiger partial charge in [0.1, 0.15) is 19.3 Å². The summed E-state index contributed by atoms with van der Waals surface area (Å²) in [4.78, 5) is 25.0. The van der Waals surface area contributed by atoms with Crippen LogP contribution in [0.4, 0.5) is 0 Å². The molecule has 0 aliphatic carbocycles. The molecule has 0 aromatic heterocycles. The van der Waals surface area contributed by atoms with Crippen LogP contribution >= 0.6 is 0 Å². The lowest BCUT2D eigenvalue weighted by Gasteiger charge is -2.33. The standard InChI is InChI=1S/C20H28O5/c1-5-20(4,18(22)24-11-15-9-7-6-8-10-15)14-19(2,3)17(21)25-13-16-12-23-16/h6-10,16H,5,11-14H2,1-4H3. The van der Waals surface area contributed by atoms with E-state index in [2.05, 4.69) is 0 Å². The zero-order valence-electron chi connectivity index (χ0n) is 15.5. The maximum absolute atomic E-state index is 12.7. The van der Waals surface area contributed by atoms with Gasteiger partial charge in [-0.3, -0.25) is 9.59 Å². The number of ether oxygens (including phenoxy) is 3. The van der Waals surface area contributed by atoms with Gasteiger partial charge in [-0.25, -0.2) is 0 Å². The first-order chi connectivity index (χ1) is 11.8. The van der Waals surface area contributed by atoms with E-state index in [1.165, 1.54) is 0 Å². The van der Waals surface area contributed by atoms with E-state index in [4.69, 9.17) is 14.2 Å². The van der Waals surface area contributed by atoms with Gasteiger partial charge in [-0.15, -0.1) is 0 Å². The van der Waals surface area contributed by atoms with E-state index in [1.54, 1.807) is 0 Å². The zero-order valence-corrected chi connectivity index (χ0v) is 15.5. The number of benzene rings is 1. The molecular formula is C20H28O5. The van der Waals surface area contributed by atoms with Crippen molar-refractivity contribution < 1.29 is 23.8 Å². The maximum Gasteiger partial charge on any atom is 0.312 e. The third kappa shape index (κ3) is 5.56. The molecule has 1 aromatic carbocycles. The van der Waals surface area contributed by atoms with Gasteiger partial charge < -0.3 is 14.2 Å². The first-order valence-electron chi connectivity index (χ1n) is 8.77. The lowest BCUT2D eigenvalue weighted by atomic mass is 9.72. The molecule has 0 N–H and O–H groups in total. The molecule has 25 heavy (non-hydrogen) atoms. The Kier molecular flexibility index (Phi) is 6.22. The van der Waals surface area contributed by atoms with Crippen LogP contribution in [0, 0.1) is 10.8 Å². The molecule has 0 bridgehead atoms. The normalized spacial score (nSPS) is 19.0. The summed E-state index contributed by atoms with van der Waals surface area (Å²) in [5.74, 6) is -0.594. The van der Waals surface area contributed by atoms with Crippen LogP contribution in [-0.4, -0.2) is 31.3 Å². The van der Waals surface area contributed by atoms with Crippen LogP contribution in [0.5, 0.6) is 0 Å². The van der Waals surface area contributed by atoms with Crippen LogP contribution in [0.25, 0.3) is 0 Å². The molecule has 1 aromatic rings. The van der Waals surface area contributed by atoms with E-state index in [-0.39, 0.29) is 31.3 Å². The van der Waals surface area contributed by atoms with E-state index in [0.29, 0.717) is 19.4 Å². The van der Waals surface area contributed by atoms with Gasteiger partial charge in [0.2, 0.25) is 0 Å². The Labute approximate surface area is 149 Å². The number of carbonyl (C=O) groups excluding carboxylic acids is 2. The first-order valence-corrected chi connectivity index (χ1v) is 8.77. The monoisotopic (exact) mass is 348 g/mol. The SMILES string of the molecule is CCC(C)(CC(C)(C)C(=O)OCC1CO1)C(=O)OCc1ccccc1. The number of hydrogen-bond acceptors (Lipinski definition) is 5. The van der Waals surface area contributed by atoms with Gasteiger partial charge in [0.05, 0.1) is 17.4 Å². The van der Waals surface area contributed by atoms with Crippen molar-refractivity contribution in [2.75, 3.05) is 13.2 Å². The summed E-state index contributed by atoms with van der Waals surface area (Å²) in [6, 6.07) is 9.56. The Morgan fingerprint density at radius 1 is 1.12 bits per heavy atom. The van der Waals surface area contributed by atoms with Crippen molar-refractivity contribution in [2.45, 2.75) is 53.2 Å². The molecule has 1 aliphatic heterocycles. The first kappa shape index (κ1) is 19.4. The molecule has 0 saturated carbocycles. The van der Waals surface area contributed by atoms with Crippen molar-refractivity contribution in [3.8, 4) is 0 Å². The van der Waals surface area contributed by atoms with Gasteiger partial charge in [-0.1, -0.05) is 37.3 Å². The highest BCUT2D eigenvalue weighted by Crippen LogP contribution is 2.38. The van der Waals surface area contributed by atoms with Gasteiger partial charge in [0.15, 0.2) is 0 Å². The number of carbonyl (C=O) groups is 2. The van der Waals surface area contributed by atoms with E-state index < -0.39 is 10.8 Å². The third-order valence-electron chi connectivity index (χ3n) is 4.67. The second kappa shape index (κ2) is 8.00. The molecule has 0 amide bonds. The molecule has 2 atom stereocenters. The Bertz CT molecular complexity index is 591. The van der Waals surface area contributed by atoms with Crippen molar-refractivity contribution in [1.29, 1.82) is 0 Å². The average molecular weight is 348 g/mol. The fraction of sp³-hybridized carbons (Fsp3) is 0.600. The van der Waals surface area contributed by atoms with E-state index >= 15 is 0 Å². The number of rotatable bonds is 9. The lowest BCUT2D eigenvalue weighted by Crippen LogP contribution is -2.38. The molecule has 1 fully saturated rings. The van der Waals surface area contributed by atoms with Crippen LogP contribution < -0.4 is 0 Å². The highest BCUT2D eigenvalue weighted by Gasteiger charge is 2.43. The van der Waals surface area contributed by atoms with Crippen molar-refractivity contribution in [3.63, 3.8) is 0 Å². The van der Waals surface area contributed by atoms with Gasteiger partial charge in [0.25, 0.3) is 0 Å². The highest BCUT2D eigenvalue weighted by atomic mass is 16.6. The molecule has 0 spiro atoms. The quantitative estimate of drug-likeness (QED) is 0.505. The molecule has 5 nitrogen and oxygen atoms in total. The number of esters is 2. The van der Waals surface area contributed by atoms with E-state index in [1.807, 2.05) is 58.0 Å². The number of epoxide rings is 1. The van der Waals surface area contributed by atoms with Gasteiger partial charge in [-0.2, -0.15) is 0 Å². The van der Waals surface area contributed by atoms with Gasteiger partial charge in [-0.05, 0) is 39.2 Å². The molecule has 2 unspecified atom stereocenters. The third-order valence-corrected chi connectivity index (χ3v) is 4.67. The van der Waals surface area contributed by atoms with Crippen molar-refractivity contribution in [3.05, 3.63) is 35.9 Å². The average Bonchev–Trinajstić information content (AvgIpc) is 3.42. The van der Waals surface area contributed by atoms with Crippen LogP contribution in [0.3, 0.4) is 0 Å². The van der Waals surface area contributed by atoms with Gasteiger partial charge in [0, 0.05) is 0 Å². The summed E-state index contributed by atoms with van der Waals surface area (Å²) >= 11 is 0. The molecule has 1 aliphatic rings. The Morgan fingerprint density at radius 3 is 2.32 bits per heavy atom. The van der Waals surface area contributed by atoms with Crippen LogP contribution in [0.1, 0.15) is 46.1 Å². The van der Waals surface area contributed by atoms with Crippen LogP contribution in [0.2, 0.25) is 0 Å². The van der Waals surface area contributed by atoms with Crippen LogP contribution in [0.15, 0.2) is 30.3 Å². The molecule has 0 radical (unpaired) electrons. The highest BCUT2D eigenvalue weighted by molar-refractivity contribution is 5.80. The summed E-state index contributed by atoms with van der Waals surface area (Å²) in [6.07, 6.45) is 0.991. The smallest absolute Gasteiger partial charge is 0.312 e. The number of hydrogen-bond donors (Lipinski definition) is 0. The lowest BCUT2D eigenvalue weighted by molar-refractivity contribution is -0.164. The topological polar surface area (TPSA) is 65.1 Å². The molecular weight excluding hydrogens is 320 g/mol. The summed E-state index contributed by atoms with van der Waals surface area (Å²) in [5.41, 5.74) is -0.573. The largest absolute Gasteiger partial charge is 0.462 e. The van der Waals surface area contributed by atoms with Crippen LogP contribution in [-0.2, 0) is 30.4 Å². The molecule has 1 heterocycles. The predicted octanol–water partition coefficient (Wildman–Crippen LogP) is 3.50. The van der Waals surface area contributed by atoms with Gasteiger partial charge >= 0.3 is 11.9 Å².